The number of amides is 2. The van der Waals surface area contributed by atoms with Gasteiger partial charge < -0.3 is 19.7 Å². The summed E-state index contributed by atoms with van der Waals surface area (Å²) in [6.45, 7) is 6.22. The largest absolute Gasteiger partial charge is 0.476 e. The smallest absolute Gasteiger partial charge is 0.410 e. The number of ether oxygens (including phenoxy) is 2. The second-order valence-corrected chi connectivity index (χ2v) is 7.35. The molecule has 0 bridgehead atoms. The van der Waals surface area contributed by atoms with Gasteiger partial charge in [0, 0.05) is 35.5 Å². The number of nitrogens with one attached hydrogen (secondary N) is 1. The van der Waals surface area contributed by atoms with Gasteiger partial charge in [-0.1, -0.05) is 6.08 Å². The molecule has 0 saturated heterocycles. The summed E-state index contributed by atoms with van der Waals surface area (Å²) < 4.78 is 11.9. The monoisotopic (exact) mass is 461 g/mol. The highest BCUT2D eigenvalue weighted by Crippen LogP contribution is 2.11. The van der Waals surface area contributed by atoms with Crippen LogP contribution in [0.2, 0.25) is 0 Å². The Hall–Kier alpha value is -1.84. The van der Waals surface area contributed by atoms with E-state index in [4.69, 9.17) is 9.47 Å². The number of hydrogen-bond acceptors (Lipinski definition) is 5. The van der Waals surface area contributed by atoms with Gasteiger partial charge in [-0.05, 0) is 49.4 Å². The molecule has 8 heteroatoms. The molecule has 0 saturated carbocycles. The number of pyridine rings is 1. The third-order valence-corrected chi connectivity index (χ3v) is 3.44. The Kier molecular flexibility index (Phi) is 8.67. The van der Waals surface area contributed by atoms with Crippen molar-refractivity contribution in [2.24, 2.45) is 0 Å². The maximum Gasteiger partial charge on any atom is 0.410 e. The number of halogens is 1. The third-order valence-electron chi connectivity index (χ3n) is 2.80. The van der Waals surface area contributed by atoms with Gasteiger partial charge >= 0.3 is 6.09 Å². The Balaban J connectivity index is 2.62. The van der Waals surface area contributed by atoms with E-state index in [-0.39, 0.29) is 19.1 Å². The Bertz CT molecular complexity index is 597. The number of carbonyl (C=O) groups is 2. The van der Waals surface area contributed by atoms with Gasteiger partial charge in [-0.15, -0.1) is 0 Å². The lowest BCUT2D eigenvalue weighted by Gasteiger charge is -2.26. The van der Waals surface area contributed by atoms with E-state index in [1.165, 1.54) is 11.0 Å². The van der Waals surface area contributed by atoms with Crippen molar-refractivity contribution >= 4 is 34.6 Å². The minimum atomic E-state index is -0.599. The van der Waals surface area contributed by atoms with Gasteiger partial charge in [0.05, 0.1) is 6.54 Å². The predicted molar refractivity (Wildman–Crippen MR) is 103 cm³/mol. The van der Waals surface area contributed by atoms with Crippen molar-refractivity contribution in [2.75, 3.05) is 26.7 Å². The number of hydrogen-bond donors (Lipinski definition) is 1. The van der Waals surface area contributed by atoms with E-state index >= 15 is 0 Å². The van der Waals surface area contributed by atoms with Crippen LogP contribution in [0.15, 0.2) is 30.5 Å². The summed E-state index contributed by atoms with van der Waals surface area (Å²) in [5.74, 6) is 0.258. The molecule has 0 radical (unpaired) electrons. The lowest BCUT2D eigenvalue weighted by Crippen LogP contribution is -2.39. The molecule has 0 fully saturated rings. The van der Waals surface area contributed by atoms with Crippen LogP contribution < -0.4 is 10.1 Å². The van der Waals surface area contributed by atoms with E-state index in [1.807, 2.05) is 6.07 Å². The van der Waals surface area contributed by atoms with Gasteiger partial charge in [-0.2, -0.15) is 0 Å². The summed E-state index contributed by atoms with van der Waals surface area (Å²) in [5.41, 5.74) is -0.599. The van der Waals surface area contributed by atoms with Crippen LogP contribution in [0.5, 0.6) is 5.88 Å². The first-order valence-corrected chi connectivity index (χ1v) is 8.89. The molecule has 0 aliphatic heterocycles. The first-order valence-electron chi connectivity index (χ1n) is 7.82. The summed E-state index contributed by atoms with van der Waals surface area (Å²) in [6, 6.07) is 3.66. The zero-order chi connectivity index (χ0) is 18.9. The van der Waals surface area contributed by atoms with Crippen molar-refractivity contribution in [1.29, 1.82) is 0 Å². The normalized spacial score (nSPS) is 11.2. The molecule has 0 spiro atoms. The highest BCUT2D eigenvalue weighted by molar-refractivity contribution is 14.1. The summed E-state index contributed by atoms with van der Waals surface area (Å²) in [6.07, 6.45) is 4.21. The van der Waals surface area contributed by atoms with Crippen molar-refractivity contribution in [2.45, 2.75) is 26.4 Å². The molecule has 1 N–H and O–H groups in total. The fourth-order valence-electron chi connectivity index (χ4n) is 1.66. The van der Waals surface area contributed by atoms with Crippen LogP contribution >= 0.6 is 22.6 Å². The lowest BCUT2D eigenvalue weighted by molar-refractivity contribution is -0.116. The summed E-state index contributed by atoms with van der Waals surface area (Å²) in [4.78, 5) is 29.2. The molecule has 0 atom stereocenters. The standard InChI is InChI=1S/C17H24IN3O4/c1-17(2,3)25-16(23)21(9-5-6-14(22)19-4)10-11-24-15-8-7-13(18)12-20-15/h5-8,12H,9-11H2,1-4H3,(H,19,22)/b6-5+. The van der Waals surface area contributed by atoms with Crippen molar-refractivity contribution in [3.8, 4) is 5.88 Å². The van der Waals surface area contributed by atoms with E-state index in [2.05, 4.69) is 32.9 Å². The maximum atomic E-state index is 12.3. The van der Waals surface area contributed by atoms with E-state index in [9.17, 15) is 9.59 Å². The number of aromatic nitrogens is 1. The van der Waals surface area contributed by atoms with Crippen molar-refractivity contribution in [3.63, 3.8) is 0 Å². The van der Waals surface area contributed by atoms with Crippen LogP contribution in [-0.4, -0.2) is 54.2 Å². The van der Waals surface area contributed by atoms with Crippen molar-refractivity contribution in [1.82, 2.24) is 15.2 Å². The molecule has 1 aromatic rings. The molecule has 0 unspecified atom stereocenters. The molecule has 2 amide bonds. The molecule has 25 heavy (non-hydrogen) atoms. The number of nitrogens with zero attached hydrogens (tertiary/aromatic N) is 2. The Morgan fingerprint density at radius 1 is 1.36 bits per heavy atom. The molecule has 138 valence electrons. The number of carbonyl (C=O) groups excluding carboxylic acids is 2. The molecular weight excluding hydrogens is 437 g/mol. The zero-order valence-corrected chi connectivity index (χ0v) is 17.1. The molecule has 1 heterocycles. The topological polar surface area (TPSA) is 80.8 Å². The molecule has 7 nitrogen and oxygen atoms in total. The van der Waals surface area contributed by atoms with E-state index < -0.39 is 11.7 Å². The Morgan fingerprint density at radius 2 is 2.08 bits per heavy atom. The average molecular weight is 461 g/mol. The second kappa shape index (κ2) is 10.2. The quantitative estimate of drug-likeness (QED) is 0.499. The van der Waals surface area contributed by atoms with Crippen LogP contribution in [0.3, 0.4) is 0 Å². The van der Waals surface area contributed by atoms with Gasteiger partial charge in [0.15, 0.2) is 0 Å². The lowest BCUT2D eigenvalue weighted by atomic mass is 10.2. The SMILES string of the molecule is CNC(=O)/C=C/CN(CCOc1ccc(I)cn1)C(=O)OC(C)(C)C. The van der Waals surface area contributed by atoms with Crippen LogP contribution in [0.4, 0.5) is 4.79 Å². The molecule has 1 rings (SSSR count). The van der Waals surface area contributed by atoms with Gasteiger partial charge in [0.25, 0.3) is 0 Å². The average Bonchev–Trinajstić information content (AvgIpc) is 2.53. The van der Waals surface area contributed by atoms with Crippen LogP contribution in [0, 0.1) is 3.57 Å². The molecule has 0 aliphatic carbocycles. The van der Waals surface area contributed by atoms with Gasteiger partial charge in [0.1, 0.15) is 12.2 Å². The molecule has 0 aliphatic rings. The molecule has 1 aromatic heterocycles. The summed E-state index contributed by atoms with van der Waals surface area (Å²) in [5, 5.41) is 2.48. The van der Waals surface area contributed by atoms with Crippen molar-refractivity contribution < 1.29 is 19.1 Å². The van der Waals surface area contributed by atoms with E-state index in [1.54, 1.807) is 46.2 Å². The minimum absolute atomic E-state index is 0.233. The predicted octanol–water partition coefficient (Wildman–Crippen LogP) is 2.60. The van der Waals surface area contributed by atoms with Crippen molar-refractivity contribution in [3.05, 3.63) is 34.1 Å². The number of rotatable bonds is 7. The van der Waals surface area contributed by atoms with Gasteiger partial charge in [-0.25, -0.2) is 9.78 Å². The second-order valence-electron chi connectivity index (χ2n) is 6.11. The fourth-order valence-corrected chi connectivity index (χ4v) is 1.98. The van der Waals surface area contributed by atoms with E-state index in [0.29, 0.717) is 12.4 Å². The van der Waals surface area contributed by atoms with Gasteiger partial charge in [0.2, 0.25) is 11.8 Å². The van der Waals surface area contributed by atoms with E-state index in [0.717, 1.165) is 3.57 Å². The molecule has 0 aromatic carbocycles. The number of likely N-dealkylation sites (N-methyl/N-ethyl adjacent to an activating group) is 1. The first-order chi connectivity index (χ1) is 11.7. The van der Waals surface area contributed by atoms with Gasteiger partial charge in [-0.3, -0.25) is 4.79 Å². The van der Waals surface area contributed by atoms with Crippen LogP contribution in [-0.2, 0) is 9.53 Å². The zero-order valence-electron chi connectivity index (χ0n) is 14.9. The third kappa shape index (κ3) is 9.28. The summed E-state index contributed by atoms with van der Waals surface area (Å²) in [7, 11) is 1.54. The highest BCUT2D eigenvalue weighted by Gasteiger charge is 2.21. The fraction of sp³-hybridized carbons (Fsp3) is 0.471. The van der Waals surface area contributed by atoms with Crippen LogP contribution in [0.25, 0.3) is 0 Å². The highest BCUT2D eigenvalue weighted by atomic mass is 127. The van der Waals surface area contributed by atoms with Crippen LogP contribution in [0.1, 0.15) is 20.8 Å². The maximum absolute atomic E-state index is 12.3. The first kappa shape index (κ1) is 21.2. The minimum Gasteiger partial charge on any atom is -0.476 e. The Labute approximate surface area is 161 Å². The molecular formula is C17H24IN3O4. The Morgan fingerprint density at radius 3 is 2.64 bits per heavy atom. The summed E-state index contributed by atoms with van der Waals surface area (Å²) >= 11 is 2.16.